The van der Waals surface area contributed by atoms with Crippen molar-refractivity contribution in [1.29, 1.82) is 0 Å². The number of aryl methyl sites for hydroxylation is 1. The zero-order valence-corrected chi connectivity index (χ0v) is 26.4. The number of likely N-dealkylation sites (tertiary alicyclic amines) is 1. The van der Waals surface area contributed by atoms with Gasteiger partial charge in [0.25, 0.3) is 0 Å². The number of carbonyl (C=O) groups is 2. The second-order valence-corrected chi connectivity index (χ2v) is 11.8. The van der Waals surface area contributed by atoms with Crippen LogP contribution in [0.25, 0.3) is 11.1 Å². The summed E-state index contributed by atoms with van der Waals surface area (Å²) in [5.74, 6) is -0.610. The van der Waals surface area contributed by atoms with E-state index in [2.05, 4.69) is 70.6 Å². The van der Waals surface area contributed by atoms with Crippen molar-refractivity contribution in [1.82, 2.24) is 4.90 Å². The number of amides is 1. The third-order valence-electron chi connectivity index (χ3n) is 8.58. The first-order valence-electron chi connectivity index (χ1n) is 15.9. The fourth-order valence-electron chi connectivity index (χ4n) is 6.29. The van der Waals surface area contributed by atoms with Crippen LogP contribution in [0.5, 0.6) is 0 Å². The monoisotopic (exact) mass is 617 g/mol. The van der Waals surface area contributed by atoms with E-state index in [4.69, 9.17) is 16.2 Å². The van der Waals surface area contributed by atoms with Gasteiger partial charge in [0, 0.05) is 31.4 Å². The lowest BCUT2D eigenvalue weighted by molar-refractivity contribution is -0.144. The van der Waals surface area contributed by atoms with E-state index in [-0.39, 0.29) is 36.2 Å². The highest BCUT2D eigenvalue weighted by atomic mass is 16.5. The molecule has 0 saturated carbocycles. The molecule has 1 fully saturated rings. The summed E-state index contributed by atoms with van der Waals surface area (Å²) in [5.41, 5.74) is 17.6. The summed E-state index contributed by atoms with van der Waals surface area (Å²) in [7, 11) is 1.38. The predicted molar refractivity (Wildman–Crippen MR) is 184 cm³/mol. The summed E-state index contributed by atoms with van der Waals surface area (Å²) in [6, 6.07) is 37.1. The van der Waals surface area contributed by atoms with E-state index in [0.29, 0.717) is 18.7 Å². The number of esters is 1. The molecule has 8 heteroatoms. The maximum atomic E-state index is 13.6. The first kappa shape index (κ1) is 32.3. The molecule has 0 spiro atoms. The normalized spacial score (nSPS) is 15.8. The van der Waals surface area contributed by atoms with Gasteiger partial charge >= 0.3 is 5.97 Å². The Kier molecular flexibility index (Phi) is 11.1. The molecule has 8 nitrogen and oxygen atoms in total. The molecule has 0 aliphatic carbocycles. The lowest BCUT2D eigenvalue weighted by Gasteiger charge is -2.30. The lowest BCUT2D eigenvalue weighted by atomic mass is 9.99. The molecule has 0 bridgehead atoms. The zero-order valence-electron chi connectivity index (χ0n) is 26.4. The van der Waals surface area contributed by atoms with Crippen LogP contribution in [0.4, 0.5) is 11.4 Å². The van der Waals surface area contributed by atoms with Gasteiger partial charge in [-0.25, -0.2) is 4.99 Å². The highest BCUT2D eigenvalue weighted by Gasteiger charge is 2.40. The molecule has 0 radical (unpaired) electrons. The Hall–Kier alpha value is -5.11. The molecule has 0 aromatic heterocycles. The number of aliphatic imine (C=N–C) groups is 1. The smallest absolute Gasteiger partial charge is 0.306 e. The molecular weight excluding hydrogens is 574 g/mol. The number of hydrogen-bond acceptors (Lipinski definition) is 5. The summed E-state index contributed by atoms with van der Waals surface area (Å²) in [5, 5.41) is 0. The molecule has 46 heavy (non-hydrogen) atoms. The third-order valence-corrected chi connectivity index (χ3v) is 8.58. The van der Waals surface area contributed by atoms with Crippen LogP contribution in [0.1, 0.15) is 36.8 Å². The second-order valence-electron chi connectivity index (χ2n) is 11.8. The average Bonchev–Trinajstić information content (AvgIpc) is 3.36. The number of anilines is 1. The maximum Gasteiger partial charge on any atom is 0.306 e. The molecule has 5 rings (SSSR count). The summed E-state index contributed by atoms with van der Waals surface area (Å²) < 4.78 is 4.93. The van der Waals surface area contributed by atoms with Crippen molar-refractivity contribution >= 4 is 29.2 Å². The molecular formula is C38H43N5O3. The van der Waals surface area contributed by atoms with E-state index in [0.717, 1.165) is 49.2 Å². The summed E-state index contributed by atoms with van der Waals surface area (Å²) in [6.45, 7) is 2.12. The SMILES string of the molecule is COC(=O)C[C@@H]1C[C@@H](CCN(Cc2ccccc2)c2cccc(-c3cccc(N=C(N)N)c3)c2)N(CCCc2ccccc2)C1=O. The number of guanidine groups is 1. The molecule has 2 atom stereocenters. The lowest BCUT2D eigenvalue weighted by Crippen LogP contribution is -2.37. The molecule has 1 aliphatic heterocycles. The van der Waals surface area contributed by atoms with Crippen molar-refractivity contribution in [2.45, 2.75) is 44.7 Å². The second kappa shape index (κ2) is 15.8. The van der Waals surface area contributed by atoms with E-state index in [1.165, 1.54) is 18.2 Å². The van der Waals surface area contributed by atoms with Crippen molar-refractivity contribution in [3.63, 3.8) is 0 Å². The van der Waals surface area contributed by atoms with Crippen molar-refractivity contribution in [2.75, 3.05) is 25.1 Å². The minimum Gasteiger partial charge on any atom is -0.469 e. The van der Waals surface area contributed by atoms with Crippen LogP contribution >= 0.6 is 0 Å². The van der Waals surface area contributed by atoms with Gasteiger partial charge in [-0.1, -0.05) is 84.9 Å². The highest BCUT2D eigenvalue weighted by Crippen LogP contribution is 2.32. The summed E-state index contributed by atoms with van der Waals surface area (Å²) in [4.78, 5) is 34.4. The van der Waals surface area contributed by atoms with Gasteiger partial charge < -0.3 is 26.0 Å². The molecule has 4 aromatic carbocycles. The van der Waals surface area contributed by atoms with Crippen LogP contribution in [0, 0.1) is 5.92 Å². The molecule has 1 heterocycles. The number of methoxy groups -OCH3 is 1. The van der Waals surface area contributed by atoms with Gasteiger partial charge in [-0.3, -0.25) is 9.59 Å². The predicted octanol–water partition coefficient (Wildman–Crippen LogP) is 6.07. The van der Waals surface area contributed by atoms with E-state index >= 15 is 0 Å². The van der Waals surface area contributed by atoms with Crippen molar-refractivity contribution in [3.8, 4) is 11.1 Å². The Labute approximate surface area is 271 Å². The summed E-state index contributed by atoms with van der Waals surface area (Å²) >= 11 is 0. The van der Waals surface area contributed by atoms with Crippen LogP contribution in [-0.4, -0.2) is 49.0 Å². The Morgan fingerprint density at radius 3 is 2.26 bits per heavy atom. The minimum atomic E-state index is -0.349. The van der Waals surface area contributed by atoms with Gasteiger partial charge in [0.15, 0.2) is 5.96 Å². The van der Waals surface area contributed by atoms with E-state index in [9.17, 15) is 9.59 Å². The first-order valence-corrected chi connectivity index (χ1v) is 15.9. The van der Waals surface area contributed by atoms with Gasteiger partial charge in [0.1, 0.15) is 0 Å². The number of rotatable bonds is 14. The van der Waals surface area contributed by atoms with Crippen molar-refractivity contribution in [3.05, 3.63) is 120 Å². The largest absolute Gasteiger partial charge is 0.469 e. The molecule has 1 amide bonds. The van der Waals surface area contributed by atoms with Gasteiger partial charge in [-0.2, -0.15) is 0 Å². The molecule has 1 saturated heterocycles. The molecule has 238 valence electrons. The Morgan fingerprint density at radius 2 is 1.57 bits per heavy atom. The van der Waals surface area contributed by atoms with Crippen LogP contribution in [-0.2, 0) is 27.3 Å². The number of ether oxygens (including phenoxy) is 1. The number of nitrogens with two attached hydrogens (primary N) is 2. The van der Waals surface area contributed by atoms with Gasteiger partial charge in [-0.15, -0.1) is 0 Å². The van der Waals surface area contributed by atoms with Gasteiger partial charge in [0.05, 0.1) is 25.1 Å². The fourth-order valence-corrected chi connectivity index (χ4v) is 6.29. The Balaban J connectivity index is 1.36. The number of nitrogens with zero attached hydrogens (tertiary/aromatic N) is 3. The standard InChI is InChI=1S/C38H43N5O3/c1-46-36(44)26-32-25-35(43(37(32)45)21-10-15-28-11-4-2-5-12-28)20-22-42(27-29-13-6-3-7-14-29)34-19-9-17-31(24-34)30-16-8-18-33(23-30)41-38(39)40/h2-9,11-14,16-19,23-24,32,35H,10,15,20-22,25-27H2,1H3,(H4,39,40,41)/t32-,35+/m0/s1. The highest BCUT2D eigenvalue weighted by molar-refractivity contribution is 5.86. The van der Waals surface area contributed by atoms with E-state index in [1.807, 2.05) is 53.4 Å². The quantitative estimate of drug-likeness (QED) is 0.101. The van der Waals surface area contributed by atoms with Crippen LogP contribution in [0.15, 0.2) is 114 Å². The molecule has 1 aliphatic rings. The molecule has 0 unspecified atom stereocenters. The molecule has 4 N–H and O–H groups in total. The number of benzene rings is 4. The fraction of sp³-hybridized carbons (Fsp3) is 0.289. The van der Waals surface area contributed by atoms with Crippen LogP contribution < -0.4 is 16.4 Å². The van der Waals surface area contributed by atoms with Crippen LogP contribution in [0.3, 0.4) is 0 Å². The van der Waals surface area contributed by atoms with Gasteiger partial charge in [0.2, 0.25) is 5.91 Å². The maximum absolute atomic E-state index is 13.6. The van der Waals surface area contributed by atoms with E-state index < -0.39 is 0 Å². The van der Waals surface area contributed by atoms with E-state index in [1.54, 1.807) is 0 Å². The topological polar surface area (TPSA) is 114 Å². The zero-order chi connectivity index (χ0) is 32.3. The van der Waals surface area contributed by atoms with Crippen molar-refractivity contribution < 1.29 is 14.3 Å². The van der Waals surface area contributed by atoms with Crippen LogP contribution in [0.2, 0.25) is 0 Å². The van der Waals surface area contributed by atoms with Crippen molar-refractivity contribution in [2.24, 2.45) is 22.4 Å². The Bertz CT molecular complexity index is 1620. The third kappa shape index (κ3) is 8.75. The minimum absolute atomic E-state index is 0.0215. The summed E-state index contributed by atoms with van der Waals surface area (Å²) in [6.07, 6.45) is 3.32. The van der Waals surface area contributed by atoms with Gasteiger partial charge in [-0.05, 0) is 72.2 Å². The number of carbonyl (C=O) groups excluding carboxylic acids is 2. The number of hydrogen-bond donors (Lipinski definition) is 2. The first-order chi connectivity index (χ1) is 22.4. The average molecular weight is 618 g/mol. The Morgan fingerprint density at radius 1 is 0.891 bits per heavy atom. The molecule has 4 aromatic rings.